The summed E-state index contributed by atoms with van der Waals surface area (Å²) < 4.78 is 0.842. The van der Waals surface area contributed by atoms with Gasteiger partial charge in [0.1, 0.15) is 0 Å². The van der Waals surface area contributed by atoms with Gasteiger partial charge in [-0.2, -0.15) is 4.73 Å². The van der Waals surface area contributed by atoms with Crippen molar-refractivity contribution < 1.29 is 4.73 Å². The van der Waals surface area contributed by atoms with Gasteiger partial charge in [-0.15, -0.1) is 12.6 Å². The molecule has 1 heterocycles. The fourth-order valence-electron chi connectivity index (χ4n) is 0.726. The lowest BCUT2D eigenvalue weighted by Crippen LogP contribution is -2.30. The first-order valence-corrected chi connectivity index (χ1v) is 3.46. The van der Waals surface area contributed by atoms with Crippen molar-refractivity contribution in [3.8, 4) is 0 Å². The number of pyridine rings is 1. The van der Waals surface area contributed by atoms with Crippen LogP contribution < -0.4 is 4.73 Å². The molecule has 0 N–H and O–H groups in total. The van der Waals surface area contributed by atoms with Crippen LogP contribution in [0.4, 0.5) is 0 Å². The third-order valence-corrected chi connectivity index (χ3v) is 2.11. The topological polar surface area (TPSA) is 26.9 Å². The average molecular weight is 155 g/mol. The van der Waals surface area contributed by atoms with Crippen molar-refractivity contribution in [2.24, 2.45) is 0 Å². The second-order valence-electron chi connectivity index (χ2n) is 2.24. The zero-order chi connectivity index (χ0) is 7.72. The van der Waals surface area contributed by atoms with Gasteiger partial charge >= 0.3 is 0 Å². The van der Waals surface area contributed by atoms with E-state index in [0.29, 0.717) is 5.69 Å². The highest BCUT2D eigenvalue weighted by molar-refractivity contribution is 7.80. The molecule has 0 unspecified atom stereocenters. The Hall–Kier alpha value is -0.700. The minimum Gasteiger partial charge on any atom is -0.619 e. The smallest absolute Gasteiger partial charge is 0.193 e. The van der Waals surface area contributed by atoms with Crippen molar-refractivity contribution in [2.75, 3.05) is 0 Å². The van der Waals surface area contributed by atoms with E-state index in [0.717, 1.165) is 15.2 Å². The molecule has 1 aromatic heterocycles. The van der Waals surface area contributed by atoms with Crippen LogP contribution in [0.15, 0.2) is 17.2 Å². The zero-order valence-electron chi connectivity index (χ0n) is 5.96. The Labute approximate surface area is 65.5 Å². The fourth-order valence-corrected chi connectivity index (χ4v) is 0.954. The fraction of sp³-hybridized carbons (Fsp3) is 0.286. The highest BCUT2D eigenvalue weighted by atomic mass is 32.1. The van der Waals surface area contributed by atoms with Gasteiger partial charge in [0, 0.05) is 23.4 Å². The third-order valence-electron chi connectivity index (χ3n) is 1.63. The van der Waals surface area contributed by atoms with E-state index >= 15 is 0 Å². The molecular formula is C7H9NOS. The summed E-state index contributed by atoms with van der Waals surface area (Å²) in [7, 11) is 0. The first kappa shape index (κ1) is 7.41. The second-order valence-corrected chi connectivity index (χ2v) is 2.72. The summed E-state index contributed by atoms with van der Waals surface area (Å²) in [6, 6.07) is 1.69. The Balaban J connectivity index is 3.34. The Morgan fingerprint density at radius 3 is 2.60 bits per heavy atom. The summed E-state index contributed by atoms with van der Waals surface area (Å²) in [4.78, 5) is 0.865. The van der Waals surface area contributed by atoms with Crippen LogP contribution >= 0.6 is 12.6 Å². The van der Waals surface area contributed by atoms with E-state index in [-0.39, 0.29) is 0 Å². The van der Waals surface area contributed by atoms with Gasteiger partial charge in [0.05, 0.1) is 0 Å². The molecule has 10 heavy (non-hydrogen) atoms. The largest absolute Gasteiger partial charge is 0.619 e. The summed E-state index contributed by atoms with van der Waals surface area (Å²) in [6.45, 7) is 3.66. The van der Waals surface area contributed by atoms with Crippen LogP contribution in [0.2, 0.25) is 0 Å². The number of thiol groups is 1. The van der Waals surface area contributed by atoms with Crippen molar-refractivity contribution in [3.05, 3.63) is 28.7 Å². The highest BCUT2D eigenvalue weighted by Crippen LogP contribution is 2.11. The van der Waals surface area contributed by atoms with Crippen LogP contribution in [-0.4, -0.2) is 0 Å². The number of rotatable bonds is 0. The van der Waals surface area contributed by atoms with Crippen molar-refractivity contribution in [1.82, 2.24) is 0 Å². The SMILES string of the molecule is Cc1c(S)cc[n+]([O-])c1C. The van der Waals surface area contributed by atoms with Crippen LogP contribution in [0.3, 0.4) is 0 Å². The second kappa shape index (κ2) is 2.50. The first-order valence-electron chi connectivity index (χ1n) is 3.01. The Bertz CT molecular complexity index is 233. The van der Waals surface area contributed by atoms with Crippen LogP contribution in [-0.2, 0) is 0 Å². The number of nitrogens with zero attached hydrogens (tertiary/aromatic N) is 1. The van der Waals surface area contributed by atoms with E-state index in [1.807, 2.05) is 6.92 Å². The van der Waals surface area contributed by atoms with Gasteiger partial charge in [-0.1, -0.05) is 0 Å². The van der Waals surface area contributed by atoms with Crippen LogP contribution in [0.25, 0.3) is 0 Å². The molecule has 0 fully saturated rings. The maximum Gasteiger partial charge on any atom is 0.193 e. The maximum absolute atomic E-state index is 10.9. The van der Waals surface area contributed by atoms with Crippen molar-refractivity contribution in [2.45, 2.75) is 18.7 Å². The predicted octanol–water partition coefficient (Wildman–Crippen LogP) is 1.23. The van der Waals surface area contributed by atoms with Gasteiger partial charge in [0.25, 0.3) is 0 Å². The number of aromatic nitrogens is 1. The van der Waals surface area contributed by atoms with E-state index in [4.69, 9.17) is 0 Å². The third kappa shape index (κ3) is 1.09. The molecule has 3 heteroatoms. The van der Waals surface area contributed by atoms with E-state index in [1.54, 1.807) is 13.0 Å². The van der Waals surface area contributed by atoms with Gasteiger partial charge < -0.3 is 5.21 Å². The van der Waals surface area contributed by atoms with E-state index in [9.17, 15) is 5.21 Å². The lowest BCUT2D eigenvalue weighted by molar-refractivity contribution is -0.613. The van der Waals surface area contributed by atoms with Gasteiger partial charge in [-0.3, -0.25) is 0 Å². The molecule has 0 radical (unpaired) electrons. The summed E-state index contributed by atoms with van der Waals surface area (Å²) >= 11 is 4.16. The lowest BCUT2D eigenvalue weighted by Gasteiger charge is -2.03. The highest BCUT2D eigenvalue weighted by Gasteiger charge is 2.04. The Morgan fingerprint density at radius 2 is 2.10 bits per heavy atom. The minimum absolute atomic E-state index is 0.715. The molecule has 0 spiro atoms. The molecular weight excluding hydrogens is 146 g/mol. The van der Waals surface area contributed by atoms with Crippen molar-refractivity contribution in [1.29, 1.82) is 0 Å². The molecule has 0 aliphatic carbocycles. The summed E-state index contributed by atoms with van der Waals surface area (Å²) in [5.74, 6) is 0. The summed E-state index contributed by atoms with van der Waals surface area (Å²) in [6.07, 6.45) is 1.46. The maximum atomic E-state index is 10.9. The zero-order valence-corrected chi connectivity index (χ0v) is 6.85. The summed E-state index contributed by atoms with van der Waals surface area (Å²) in [5, 5.41) is 10.9. The Kier molecular flexibility index (Phi) is 1.85. The van der Waals surface area contributed by atoms with Gasteiger partial charge in [0.2, 0.25) is 0 Å². The monoisotopic (exact) mass is 155 g/mol. The first-order chi connectivity index (χ1) is 4.63. The lowest BCUT2D eigenvalue weighted by atomic mass is 10.2. The van der Waals surface area contributed by atoms with E-state index in [2.05, 4.69) is 12.6 Å². The van der Waals surface area contributed by atoms with Crippen molar-refractivity contribution >= 4 is 12.6 Å². The van der Waals surface area contributed by atoms with Crippen LogP contribution in [0.1, 0.15) is 11.3 Å². The predicted molar refractivity (Wildman–Crippen MR) is 42.1 cm³/mol. The average Bonchev–Trinajstić information content (AvgIpc) is 1.93. The summed E-state index contributed by atoms with van der Waals surface area (Å²) in [5.41, 5.74) is 1.66. The standard InChI is InChI=1S/C7H9NOS/c1-5-6(2)8(9)4-3-7(5)10/h3-4,10H,1-2H3. The molecule has 0 saturated heterocycles. The molecule has 0 aromatic carbocycles. The van der Waals surface area contributed by atoms with Gasteiger partial charge in [0.15, 0.2) is 11.9 Å². The van der Waals surface area contributed by atoms with E-state index in [1.165, 1.54) is 6.20 Å². The van der Waals surface area contributed by atoms with E-state index < -0.39 is 0 Å². The molecule has 0 atom stereocenters. The van der Waals surface area contributed by atoms with Gasteiger partial charge in [-0.05, 0) is 6.92 Å². The van der Waals surface area contributed by atoms with Crippen LogP contribution in [0.5, 0.6) is 0 Å². The molecule has 54 valence electrons. The molecule has 1 aromatic rings. The molecule has 0 aliphatic heterocycles. The quantitative estimate of drug-likeness (QED) is 0.340. The normalized spacial score (nSPS) is 9.90. The number of hydrogen-bond donors (Lipinski definition) is 1. The van der Waals surface area contributed by atoms with Crippen molar-refractivity contribution in [3.63, 3.8) is 0 Å². The van der Waals surface area contributed by atoms with Gasteiger partial charge in [-0.25, -0.2) is 0 Å². The number of hydrogen-bond acceptors (Lipinski definition) is 2. The molecule has 2 nitrogen and oxygen atoms in total. The molecule has 0 amide bonds. The Morgan fingerprint density at radius 1 is 1.50 bits per heavy atom. The molecule has 0 aliphatic rings. The molecule has 0 saturated carbocycles. The molecule has 1 rings (SSSR count). The van der Waals surface area contributed by atoms with Crippen LogP contribution in [0, 0.1) is 19.1 Å². The minimum atomic E-state index is 0.715. The molecule has 0 bridgehead atoms.